The minimum atomic E-state index is -1.58. The Balaban J connectivity index is 5.46. The van der Waals surface area contributed by atoms with Crippen molar-refractivity contribution in [1.82, 2.24) is 16.0 Å². The number of carboxylic acids is 2. The van der Waals surface area contributed by atoms with Crippen molar-refractivity contribution < 1.29 is 44.1 Å². The molecule has 0 fully saturated rings. The zero-order valence-corrected chi connectivity index (χ0v) is 18.6. The number of nitrogens with two attached hydrogens (primary N) is 2. The van der Waals surface area contributed by atoms with Crippen molar-refractivity contribution in [3.05, 3.63) is 0 Å². The number of rotatable bonds is 16. The number of aliphatic hydroxyl groups excluding tert-OH is 1. The molecule has 0 saturated heterocycles. The fourth-order valence-electron chi connectivity index (χ4n) is 2.68. The molecule has 10 N–H and O–H groups in total. The summed E-state index contributed by atoms with van der Waals surface area (Å²) in [6.07, 6.45) is -0.970. The van der Waals surface area contributed by atoms with E-state index in [9.17, 15) is 28.8 Å². The first-order valence-corrected chi connectivity index (χ1v) is 10.3. The lowest BCUT2D eigenvalue weighted by atomic mass is 10.0. The number of carbonyl (C=O) groups is 6. The largest absolute Gasteiger partial charge is 0.481 e. The highest BCUT2D eigenvalue weighted by Crippen LogP contribution is 2.08. The third kappa shape index (κ3) is 12.4. The number of amides is 4. The molecule has 0 aromatic heterocycles. The number of primary amides is 1. The van der Waals surface area contributed by atoms with E-state index < -0.39 is 66.3 Å². The standard InChI is InChI=1S/C19H33N5O9/c1-9(2)7-12(18(31)24-13(8-25)19(32)33)23-17(30)11(4-5-14(21)26)22-16(29)10(20)3-6-15(27)28/h9-13,25H,3-8,20H2,1-2H3,(H2,21,26)(H,22,29)(H,23,30)(H,24,31)(H,27,28)(H,32,33)/t10-,11-,12-,13-/m0/s1. The van der Waals surface area contributed by atoms with Gasteiger partial charge in [0.2, 0.25) is 23.6 Å². The molecule has 0 saturated carbocycles. The molecule has 0 aliphatic carbocycles. The van der Waals surface area contributed by atoms with Crippen molar-refractivity contribution in [3.63, 3.8) is 0 Å². The highest BCUT2D eigenvalue weighted by molar-refractivity contribution is 5.94. The van der Waals surface area contributed by atoms with E-state index >= 15 is 0 Å². The maximum Gasteiger partial charge on any atom is 0.328 e. The van der Waals surface area contributed by atoms with Crippen molar-refractivity contribution in [2.75, 3.05) is 6.61 Å². The van der Waals surface area contributed by atoms with Crippen LogP contribution < -0.4 is 27.4 Å². The van der Waals surface area contributed by atoms with Crippen LogP contribution in [0, 0.1) is 5.92 Å². The smallest absolute Gasteiger partial charge is 0.328 e. The first-order chi connectivity index (χ1) is 15.3. The molecule has 33 heavy (non-hydrogen) atoms. The number of aliphatic hydroxyl groups is 1. The zero-order valence-electron chi connectivity index (χ0n) is 18.6. The molecule has 14 nitrogen and oxygen atoms in total. The lowest BCUT2D eigenvalue weighted by Gasteiger charge is -2.25. The van der Waals surface area contributed by atoms with E-state index in [-0.39, 0.29) is 38.0 Å². The van der Waals surface area contributed by atoms with E-state index in [0.717, 1.165) is 0 Å². The molecule has 14 heteroatoms. The quantitative estimate of drug-likeness (QED) is 0.112. The van der Waals surface area contributed by atoms with Gasteiger partial charge in [-0.2, -0.15) is 0 Å². The Morgan fingerprint density at radius 1 is 0.788 bits per heavy atom. The summed E-state index contributed by atoms with van der Waals surface area (Å²) in [6.45, 7) is 2.64. The summed E-state index contributed by atoms with van der Waals surface area (Å²) in [7, 11) is 0. The fraction of sp³-hybridized carbons (Fsp3) is 0.684. The zero-order chi connectivity index (χ0) is 25.7. The van der Waals surface area contributed by atoms with Gasteiger partial charge in [-0.3, -0.25) is 24.0 Å². The van der Waals surface area contributed by atoms with Gasteiger partial charge in [0.05, 0.1) is 12.6 Å². The second-order valence-electron chi connectivity index (χ2n) is 7.88. The maximum absolute atomic E-state index is 12.8. The van der Waals surface area contributed by atoms with Gasteiger partial charge in [0.1, 0.15) is 18.1 Å². The van der Waals surface area contributed by atoms with Gasteiger partial charge in [-0.25, -0.2) is 4.79 Å². The molecule has 0 radical (unpaired) electrons. The number of carboxylic acid groups (broad SMARTS) is 2. The van der Waals surface area contributed by atoms with Gasteiger partial charge < -0.3 is 42.7 Å². The van der Waals surface area contributed by atoms with Crippen LogP contribution in [0.25, 0.3) is 0 Å². The lowest BCUT2D eigenvalue weighted by molar-refractivity contribution is -0.143. The fourth-order valence-corrected chi connectivity index (χ4v) is 2.68. The van der Waals surface area contributed by atoms with Crippen LogP contribution in [0.3, 0.4) is 0 Å². The van der Waals surface area contributed by atoms with Gasteiger partial charge in [-0.1, -0.05) is 13.8 Å². The topological polar surface area (TPSA) is 251 Å². The molecule has 4 atom stereocenters. The highest BCUT2D eigenvalue weighted by Gasteiger charge is 2.30. The van der Waals surface area contributed by atoms with E-state index in [0.29, 0.717) is 0 Å². The van der Waals surface area contributed by atoms with Gasteiger partial charge in [0.25, 0.3) is 0 Å². The minimum Gasteiger partial charge on any atom is -0.481 e. The molecule has 0 heterocycles. The molecular weight excluding hydrogens is 442 g/mol. The normalized spacial score (nSPS) is 14.5. The highest BCUT2D eigenvalue weighted by atomic mass is 16.4. The molecule has 0 bridgehead atoms. The maximum atomic E-state index is 12.8. The summed E-state index contributed by atoms with van der Waals surface area (Å²) in [5, 5.41) is 33.7. The second kappa shape index (κ2) is 14.7. The number of aliphatic carboxylic acids is 2. The molecule has 0 aromatic rings. The van der Waals surface area contributed by atoms with Gasteiger partial charge >= 0.3 is 11.9 Å². The molecule has 0 rings (SSSR count). The number of hydrogen-bond donors (Lipinski definition) is 8. The molecule has 0 spiro atoms. The van der Waals surface area contributed by atoms with E-state index in [1.165, 1.54) is 0 Å². The van der Waals surface area contributed by atoms with Crippen LogP contribution in [-0.2, 0) is 28.8 Å². The van der Waals surface area contributed by atoms with Crippen molar-refractivity contribution in [1.29, 1.82) is 0 Å². The molecule has 0 aliphatic heterocycles. The van der Waals surface area contributed by atoms with Crippen molar-refractivity contribution in [2.24, 2.45) is 17.4 Å². The lowest BCUT2D eigenvalue weighted by Crippen LogP contribution is -2.57. The van der Waals surface area contributed by atoms with Crippen LogP contribution >= 0.6 is 0 Å². The molecule has 188 valence electrons. The average Bonchev–Trinajstić information content (AvgIpc) is 2.71. The first kappa shape index (κ1) is 29.7. The minimum absolute atomic E-state index is 0.101. The second-order valence-corrected chi connectivity index (χ2v) is 7.88. The summed E-state index contributed by atoms with van der Waals surface area (Å²) in [5.41, 5.74) is 10.8. The predicted molar refractivity (Wildman–Crippen MR) is 113 cm³/mol. The first-order valence-electron chi connectivity index (χ1n) is 10.3. The molecular formula is C19H33N5O9. The van der Waals surface area contributed by atoms with Gasteiger partial charge in [-0.15, -0.1) is 0 Å². The molecule has 4 amide bonds. The number of nitrogens with one attached hydrogen (secondary N) is 3. The van der Waals surface area contributed by atoms with Crippen LogP contribution in [-0.4, -0.2) is 81.7 Å². The molecule has 0 aromatic carbocycles. The van der Waals surface area contributed by atoms with Gasteiger partial charge in [0.15, 0.2) is 0 Å². The summed E-state index contributed by atoms with van der Waals surface area (Å²) in [4.78, 5) is 70.5. The van der Waals surface area contributed by atoms with E-state index in [2.05, 4.69) is 16.0 Å². The van der Waals surface area contributed by atoms with Crippen molar-refractivity contribution in [2.45, 2.75) is 70.1 Å². The summed E-state index contributed by atoms with van der Waals surface area (Å²) < 4.78 is 0. The van der Waals surface area contributed by atoms with Crippen molar-refractivity contribution >= 4 is 35.6 Å². The van der Waals surface area contributed by atoms with Gasteiger partial charge in [0, 0.05) is 12.8 Å². The monoisotopic (exact) mass is 475 g/mol. The molecule has 0 aliphatic rings. The third-order valence-electron chi connectivity index (χ3n) is 4.46. The number of carbonyl (C=O) groups excluding carboxylic acids is 4. The Morgan fingerprint density at radius 2 is 1.30 bits per heavy atom. The van der Waals surface area contributed by atoms with E-state index in [4.69, 9.17) is 26.8 Å². The van der Waals surface area contributed by atoms with Gasteiger partial charge in [-0.05, 0) is 25.2 Å². The van der Waals surface area contributed by atoms with E-state index in [1.807, 2.05) is 0 Å². The summed E-state index contributed by atoms with van der Waals surface area (Å²) in [6, 6.07) is -5.35. The van der Waals surface area contributed by atoms with Crippen LogP contribution in [0.4, 0.5) is 0 Å². The third-order valence-corrected chi connectivity index (χ3v) is 4.46. The molecule has 0 unspecified atom stereocenters. The Labute approximate surface area is 190 Å². The predicted octanol–water partition coefficient (Wildman–Crippen LogP) is -2.98. The van der Waals surface area contributed by atoms with Crippen molar-refractivity contribution in [3.8, 4) is 0 Å². The number of hydrogen-bond acceptors (Lipinski definition) is 8. The Kier molecular flexibility index (Phi) is 13.3. The van der Waals surface area contributed by atoms with Crippen LogP contribution in [0.15, 0.2) is 0 Å². The average molecular weight is 475 g/mol. The summed E-state index contributed by atoms with van der Waals surface area (Å²) >= 11 is 0. The van der Waals surface area contributed by atoms with Crippen LogP contribution in [0.1, 0.15) is 46.0 Å². The van der Waals surface area contributed by atoms with E-state index in [1.54, 1.807) is 13.8 Å². The summed E-state index contributed by atoms with van der Waals surface area (Å²) in [5.74, 6) is -6.04. The Morgan fingerprint density at radius 3 is 1.76 bits per heavy atom. The van der Waals surface area contributed by atoms with Crippen LogP contribution in [0.2, 0.25) is 0 Å². The SMILES string of the molecule is CC(C)C[C@H](NC(=O)[C@H](CCC(N)=O)NC(=O)[C@@H](N)CCC(=O)O)C(=O)N[C@@H](CO)C(=O)O. The Bertz CT molecular complexity index is 728. The Hall–Kier alpha value is -3.26. The van der Waals surface area contributed by atoms with Crippen LogP contribution in [0.5, 0.6) is 0 Å².